The highest BCUT2D eigenvalue weighted by atomic mass is 32.2. The van der Waals surface area contributed by atoms with Crippen LogP contribution in [0.3, 0.4) is 0 Å². The van der Waals surface area contributed by atoms with Gasteiger partial charge in [-0.2, -0.15) is 0 Å². The van der Waals surface area contributed by atoms with Gasteiger partial charge in [0.1, 0.15) is 0 Å². The zero-order valence-corrected chi connectivity index (χ0v) is 12.2. The largest absolute Gasteiger partial charge is 0.350 e. The highest BCUT2D eigenvalue weighted by Gasteiger charge is 2.22. The summed E-state index contributed by atoms with van der Waals surface area (Å²) < 4.78 is 22.2. The first kappa shape index (κ1) is 15.9. The lowest BCUT2D eigenvalue weighted by atomic mass is 10.2. The number of benzene rings is 1. The van der Waals surface area contributed by atoms with Crippen molar-refractivity contribution in [3.05, 3.63) is 42.0 Å². The number of rotatable bonds is 5. The summed E-state index contributed by atoms with van der Waals surface area (Å²) in [7, 11) is -3.81. The van der Waals surface area contributed by atoms with Crippen LogP contribution in [0.5, 0.6) is 0 Å². The normalized spacial score (nSPS) is 14.5. The van der Waals surface area contributed by atoms with Crippen LogP contribution < -0.4 is 10.5 Å². The number of sulfonamides is 1. The van der Waals surface area contributed by atoms with Gasteiger partial charge in [0.2, 0.25) is 10.0 Å². The Labute approximate surface area is 126 Å². The number of carbonyl (C=O) groups excluding carboxylic acids is 3. The maximum atomic E-state index is 11.8. The van der Waals surface area contributed by atoms with E-state index in [9.17, 15) is 22.8 Å². The molecule has 0 fully saturated rings. The molecule has 0 unspecified atom stereocenters. The first-order valence-corrected chi connectivity index (χ1v) is 7.78. The van der Waals surface area contributed by atoms with Crippen molar-refractivity contribution in [3.63, 3.8) is 0 Å². The highest BCUT2D eigenvalue weighted by molar-refractivity contribution is 7.89. The molecule has 1 heterocycles. The molecule has 2 rings (SSSR count). The van der Waals surface area contributed by atoms with Crippen molar-refractivity contribution < 1.29 is 22.8 Å². The van der Waals surface area contributed by atoms with E-state index in [1.807, 2.05) is 0 Å². The number of nitrogens with two attached hydrogens (primary N) is 1. The van der Waals surface area contributed by atoms with Crippen molar-refractivity contribution in [2.24, 2.45) is 5.14 Å². The summed E-state index contributed by atoms with van der Waals surface area (Å²) >= 11 is 0. The summed E-state index contributed by atoms with van der Waals surface area (Å²) in [6.07, 6.45) is 2.33. The topological polar surface area (TPSA) is 127 Å². The maximum Gasteiger partial charge on any atom is 0.253 e. The lowest BCUT2D eigenvalue weighted by Crippen LogP contribution is -2.38. The first-order chi connectivity index (χ1) is 10.3. The average molecular weight is 323 g/mol. The minimum absolute atomic E-state index is 0.0612. The zero-order valence-electron chi connectivity index (χ0n) is 11.4. The van der Waals surface area contributed by atoms with Gasteiger partial charge in [0.15, 0.2) is 0 Å². The fourth-order valence-corrected chi connectivity index (χ4v) is 2.35. The Morgan fingerprint density at radius 1 is 1.09 bits per heavy atom. The van der Waals surface area contributed by atoms with Crippen molar-refractivity contribution in [1.29, 1.82) is 0 Å². The van der Waals surface area contributed by atoms with Crippen LogP contribution in [0.15, 0.2) is 41.3 Å². The molecular formula is C13H13N3O5S. The molecule has 0 radical (unpaired) electrons. The van der Waals surface area contributed by atoms with Crippen molar-refractivity contribution in [3.8, 4) is 0 Å². The summed E-state index contributed by atoms with van der Waals surface area (Å²) in [6.45, 7) is 0.153. The maximum absolute atomic E-state index is 11.8. The monoisotopic (exact) mass is 323 g/mol. The van der Waals surface area contributed by atoms with Gasteiger partial charge in [0.25, 0.3) is 17.7 Å². The third-order valence-electron chi connectivity index (χ3n) is 2.97. The van der Waals surface area contributed by atoms with Crippen LogP contribution in [0.25, 0.3) is 0 Å². The minimum atomic E-state index is -3.81. The van der Waals surface area contributed by atoms with E-state index in [2.05, 4.69) is 5.32 Å². The van der Waals surface area contributed by atoms with Gasteiger partial charge in [-0.1, -0.05) is 0 Å². The number of hydrogen-bond donors (Lipinski definition) is 2. The molecule has 0 bridgehead atoms. The van der Waals surface area contributed by atoms with Crippen molar-refractivity contribution >= 4 is 27.7 Å². The standard InChI is InChI=1S/C13H13N3O5S/c14-22(20,21)10-3-1-9(2-4-10)13(19)15-7-8-16-11(17)5-6-12(16)18/h1-6H,7-8H2,(H,15,19)(H2,14,20,21). The highest BCUT2D eigenvalue weighted by Crippen LogP contribution is 2.08. The molecule has 22 heavy (non-hydrogen) atoms. The molecule has 9 heteroatoms. The second kappa shape index (κ2) is 6.08. The van der Waals surface area contributed by atoms with Crippen molar-refractivity contribution in [2.75, 3.05) is 13.1 Å². The van der Waals surface area contributed by atoms with Crippen LogP contribution in [0, 0.1) is 0 Å². The Morgan fingerprint density at radius 3 is 2.14 bits per heavy atom. The van der Waals surface area contributed by atoms with Gasteiger partial charge in [0, 0.05) is 30.8 Å². The Hall–Kier alpha value is -2.52. The fraction of sp³-hybridized carbons (Fsp3) is 0.154. The third-order valence-corrected chi connectivity index (χ3v) is 3.90. The number of carbonyl (C=O) groups is 3. The Morgan fingerprint density at radius 2 is 1.64 bits per heavy atom. The number of nitrogens with zero attached hydrogens (tertiary/aromatic N) is 1. The van der Waals surface area contributed by atoms with Crippen LogP contribution in [0.1, 0.15) is 10.4 Å². The summed E-state index contributed by atoms with van der Waals surface area (Å²) in [5.74, 6) is -1.29. The predicted molar refractivity (Wildman–Crippen MR) is 76.0 cm³/mol. The van der Waals surface area contributed by atoms with Crippen LogP contribution in [-0.4, -0.2) is 44.1 Å². The molecule has 0 spiro atoms. The van der Waals surface area contributed by atoms with E-state index >= 15 is 0 Å². The van der Waals surface area contributed by atoms with Gasteiger partial charge >= 0.3 is 0 Å². The SMILES string of the molecule is NS(=O)(=O)c1ccc(C(=O)NCCN2C(=O)C=CC2=O)cc1. The van der Waals surface area contributed by atoms with E-state index in [1.54, 1.807) is 0 Å². The first-order valence-electron chi connectivity index (χ1n) is 6.23. The predicted octanol–water partition coefficient (Wildman–Crippen LogP) is -1.01. The molecule has 1 aromatic rings. The molecule has 1 aliphatic heterocycles. The molecule has 3 N–H and O–H groups in total. The number of imide groups is 1. The molecule has 0 aromatic heterocycles. The Balaban J connectivity index is 1.90. The quantitative estimate of drug-likeness (QED) is 0.671. The Kier molecular flexibility index (Phi) is 4.38. The number of nitrogens with one attached hydrogen (secondary N) is 1. The second-order valence-corrected chi connectivity index (χ2v) is 6.05. The van der Waals surface area contributed by atoms with Gasteiger partial charge in [-0.05, 0) is 24.3 Å². The van der Waals surface area contributed by atoms with Crippen LogP contribution >= 0.6 is 0 Å². The smallest absolute Gasteiger partial charge is 0.253 e. The summed E-state index contributed by atoms with van der Waals surface area (Å²) in [4.78, 5) is 35.4. The van der Waals surface area contributed by atoms with Gasteiger partial charge in [-0.25, -0.2) is 13.6 Å². The van der Waals surface area contributed by atoms with Gasteiger partial charge < -0.3 is 5.32 Å². The lowest BCUT2D eigenvalue weighted by molar-refractivity contribution is -0.136. The molecule has 0 saturated carbocycles. The van der Waals surface area contributed by atoms with Crippen LogP contribution in [-0.2, 0) is 19.6 Å². The molecule has 8 nitrogen and oxygen atoms in total. The van der Waals surface area contributed by atoms with E-state index in [1.165, 1.54) is 24.3 Å². The number of primary sulfonamides is 1. The zero-order chi connectivity index (χ0) is 16.3. The molecular weight excluding hydrogens is 310 g/mol. The molecule has 3 amide bonds. The molecule has 0 atom stereocenters. The second-order valence-electron chi connectivity index (χ2n) is 4.49. The van der Waals surface area contributed by atoms with Crippen LogP contribution in [0.4, 0.5) is 0 Å². The number of amides is 3. The van der Waals surface area contributed by atoms with E-state index < -0.39 is 27.7 Å². The summed E-state index contributed by atoms with van der Waals surface area (Å²) in [5.41, 5.74) is 0.240. The van der Waals surface area contributed by atoms with Gasteiger partial charge in [-0.3, -0.25) is 19.3 Å². The van der Waals surface area contributed by atoms with Crippen molar-refractivity contribution in [1.82, 2.24) is 10.2 Å². The van der Waals surface area contributed by atoms with Gasteiger partial charge in [0.05, 0.1) is 4.90 Å². The molecule has 0 aliphatic carbocycles. The fourth-order valence-electron chi connectivity index (χ4n) is 1.83. The summed E-state index contributed by atoms with van der Waals surface area (Å²) in [5, 5.41) is 7.49. The van der Waals surface area contributed by atoms with E-state index in [4.69, 9.17) is 5.14 Å². The molecule has 116 valence electrons. The van der Waals surface area contributed by atoms with E-state index in [0.717, 1.165) is 17.1 Å². The van der Waals surface area contributed by atoms with E-state index in [0.29, 0.717) is 0 Å². The third kappa shape index (κ3) is 3.57. The van der Waals surface area contributed by atoms with Crippen LogP contribution in [0.2, 0.25) is 0 Å². The van der Waals surface area contributed by atoms with Gasteiger partial charge in [-0.15, -0.1) is 0 Å². The number of hydrogen-bond acceptors (Lipinski definition) is 5. The van der Waals surface area contributed by atoms with E-state index in [-0.39, 0.29) is 23.5 Å². The molecule has 0 saturated heterocycles. The lowest BCUT2D eigenvalue weighted by Gasteiger charge is -2.14. The van der Waals surface area contributed by atoms with Crippen molar-refractivity contribution in [2.45, 2.75) is 4.90 Å². The molecule has 1 aromatic carbocycles. The average Bonchev–Trinajstić information content (AvgIpc) is 2.78. The minimum Gasteiger partial charge on any atom is -0.350 e. The summed E-state index contributed by atoms with van der Waals surface area (Å²) in [6, 6.07) is 5.09. The Bertz CT molecular complexity index is 734. The molecule has 1 aliphatic rings.